The number of likely N-dealkylation sites (N-methyl/N-ethyl adjacent to an activating group) is 1. The number of halogens is 1. The molecule has 1 amide bonds. The maximum absolute atomic E-state index is 11.2. The van der Waals surface area contributed by atoms with Gasteiger partial charge in [-0.05, 0) is 13.5 Å². The van der Waals surface area contributed by atoms with Gasteiger partial charge in [0.25, 0.3) is 0 Å². The van der Waals surface area contributed by atoms with Crippen LogP contribution in [0.15, 0.2) is 0 Å². The Bertz CT molecular complexity index is 215. The molecular weight excluding hydrogens is 202 g/mol. The van der Waals surface area contributed by atoms with E-state index in [0.717, 1.165) is 6.42 Å². The van der Waals surface area contributed by atoms with Gasteiger partial charge in [-0.2, -0.15) is 5.26 Å². The van der Waals surface area contributed by atoms with Crippen LogP contribution in [0.1, 0.15) is 13.3 Å². The molecule has 1 N–H and O–H groups in total. The van der Waals surface area contributed by atoms with Crippen LogP contribution in [0.4, 0.5) is 0 Å². The van der Waals surface area contributed by atoms with Crippen LogP contribution in [-0.4, -0.2) is 42.9 Å². The number of hydrogen-bond donors (Lipinski definition) is 1. The Kier molecular flexibility index (Phi) is 7.17. The summed E-state index contributed by atoms with van der Waals surface area (Å²) >= 11 is 5.61. The standard InChI is InChI=1S/C9H16ClN3O/c1-3-4-12-9(14)7-13(2)6-8(10)5-11/h8H,3-4,6-7H2,1-2H3,(H,12,14). The summed E-state index contributed by atoms with van der Waals surface area (Å²) < 4.78 is 0. The van der Waals surface area contributed by atoms with Crippen molar-refractivity contribution in [3.05, 3.63) is 0 Å². The number of nitriles is 1. The summed E-state index contributed by atoms with van der Waals surface area (Å²) in [6, 6.07) is 1.90. The zero-order valence-corrected chi connectivity index (χ0v) is 9.34. The molecule has 1 unspecified atom stereocenters. The van der Waals surface area contributed by atoms with Crippen molar-refractivity contribution in [3.8, 4) is 6.07 Å². The third-order valence-electron chi connectivity index (χ3n) is 1.60. The maximum Gasteiger partial charge on any atom is 0.234 e. The van der Waals surface area contributed by atoms with Gasteiger partial charge in [0.2, 0.25) is 5.91 Å². The first-order valence-corrected chi connectivity index (χ1v) is 5.02. The molecule has 4 nitrogen and oxygen atoms in total. The van der Waals surface area contributed by atoms with E-state index in [1.807, 2.05) is 13.0 Å². The van der Waals surface area contributed by atoms with Crippen LogP contribution in [0.3, 0.4) is 0 Å². The first kappa shape index (κ1) is 13.2. The van der Waals surface area contributed by atoms with Crippen LogP contribution in [0.25, 0.3) is 0 Å². The van der Waals surface area contributed by atoms with E-state index in [9.17, 15) is 4.79 Å². The fraction of sp³-hybridized carbons (Fsp3) is 0.778. The third kappa shape index (κ3) is 6.70. The highest BCUT2D eigenvalue weighted by atomic mass is 35.5. The molecule has 0 radical (unpaired) electrons. The fourth-order valence-corrected chi connectivity index (χ4v) is 1.18. The molecule has 0 rings (SSSR count). The van der Waals surface area contributed by atoms with Crippen molar-refractivity contribution in [1.82, 2.24) is 10.2 Å². The lowest BCUT2D eigenvalue weighted by atomic mass is 10.4. The molecule has 1 atom stereocenters. The number of hydrogen-bond acceptors (Lipinski definition) is 3. The zero-order chi connectivity index (χ0) is 11.0. The number of amides is 1. The first-order valence-electron chi connectivity index (χ1n) is 4.59. The normalized spacial score (nSPS) is 12.2. The molecule has 0 saturated carbocycles. The lowest BCUT2D eigenvalue weighted by Gasteiger charge is -2.15. The predicted molar refractivity (Wildman–Crippen MR) is 56.1 cm³/mol. The van der Waals surface area contributed by atoms with Crippen molar-refractivity contribution < 1.29 is 4.79 Å². The van der Waals surface area contributed by atoms with Gasteiger partial charge in [0.05, 0.1) is 12.6 Å². The summed E-state index contributed by atoms with van der Waals surface area (Å²) in [7, 11) is 1.76. The quantitative estimate of drug-likeness (QED) is 0.662. The van der Waals surface area contributed by atoms with Crippen molar-refractivity contribution in [3.63, 3.8) is 0 Å². The number of nitrogens with one attached hydrogen (secondary N) is 1. The number of alkyl halides is 1. The van der Waals surface area contributed by atoms with Gasteiger partial charge in [0, 0.05) is 13.1 Å². The Morgan fingerprint density at radius 2 is 2.36 bits per heavy atom. The SMILES string of the molecule is CCCNC(=O)CN(C)CC(Cl)C#N. The Morgan fingerprint density at radius 1 is 1.71 bits per heavy atom. The van der Waals surface area contributed by atoms with E-state index in [0.29, 0.717) is 13.1 Å². The molecule has 0 aromatic rings. The Hall–Kier alpha value is -0.790. The summed E-state index contributed by atoms with van der Waals surface area (Å²) in [5.41, 5.74) is 0. The van der Waals surface area contributed by atoms with E-state index in [1.165, 1.54) is 0 Å². The van der Waals surface area contributed by atoms with Crippen molar-refractivity contribution in [2.45, 2.75) is 18.7 Å². The smallest absolute Gasteiger partial charge is 0.234 e. The van der Waals surface area contributed by atoms with Crippen molar-refractivity contribution in [2.75, 3.05) is 26.7 Å². The van der Waals surface area contributed by atoms with Crippen LogP contribution in [-0.2, 0) is 4.79 Å². The Labute approximate surface area is 89.8 Å². The molecule has 0 aromatic carbocycles. The fourth-order valence-electron chi connectivity index (χ4n) is 0.944. The highest BCUT2D eigenvalue weighted by Crippen LogP contribution is 1.95. The van der Waals surface area contributed by atoms with Gasteiger partial charge >= 0.3 is 0 Å². The molecule has 0 bridgehead atoms. The van der Waals surface area contributed by atoms with Gasteiger partial charge in [0.1, 0.15) is 5.38 Å². The maximum atomic E-state index is 11.2. The molecule has 0 spiro atoms. The average molecular weight is 218 g/mol. The summed E-state index contributed by atoms with van der Waals surface area (Å²) in [4.78, 5) is 12.9. The molecule has 80 valence electrons. The van der Waals surface area contributed by atoms with E-state index in [4.69, 9.17) is 16.9 Å². The van der Waals surface area contributed by atoms with Crippen LogP contribution in [0, 0.1) is 11.3 Å². The van der Waals surface area contributed by atoms with Crippen molar-refractivity contribution in [2.24, 2.45) is 0 Å². The highest BCUT2D eigenvalue weighted by Gasteiger charge is 2.10. The molecular formula is C9H16ClN3O. The monoisotopic (exact) mass is 217 g/mol. The van der Waals surface area contributed by atoms with Crippen molar-refractivity contribution >= 4 is 17.5 Å². The van der Waals surface area contributed by atoms with Crippen molar-refractivity contribution in [1.29, 1.82) is 5.26 Å². The lowest BCUT2D eigenvalue weighted by molar-refractivity contribution is -0.121. The van der Waals surface area contributed by atoms with Gasteiger partial charge in [-0.15, -0.1) is 11.6 Å². The minimum atomic E-state index is -0.557. The van der Waals surface area contributed by atoms with Crippen LogP contribution < -0.4 is 5.32 Å². The second kappa shape index (κ2) is 7.60. The largest absolute Gasteiger partial charge is 0.355 e. The highest BCUT2D eigenvalue weighted by molar-refractivity contribution is 6.22. The second-order valence-electron chi connectivity index (χ2n) is 3.14. The molecule has 0 aliphatic heterocycles. The molecule has 0 aromatic heterocycles. The topological polar surface area (TPSA) is 56.1 Å². The summed E-state index contributed by atoms with van der Waals surface area (Å²) in [6.07, 6.45) is 0.922. The number of nitrogens with zero attached hydrogens (tertiary/aromatic N) is 2. The van der Waals surface area contributed by atoms with Crippen LogP contribution >= 0.6 is 11.6 Å². The molecule has 0 saturated heterocycles. The van der Waals surface area contributed by atoms with Gasteiger partial charge < -0.3 is 5.32 Å². The molecule has 0 heterocycles. The minimum absolute atomic E-state index is 0.0313. The number of rotatable bonds is 6. The van der Waals surface area contributed by atoms with Crippen LogP contribution in [0.5, 0.6) is 0 Å². The van der Waals surface area contributed by atoms with Gasteiger partial charge in [-0.1, -0.05) is 6.92 Å². The van der Waals surface area contributed by atoms with Crippen LogP contribution in [0.2, 0.25) is 0 Å². The van der Waals surface area contributed by atoms with E-state index < -0.39 is 5.38 Å². The van der Waals surface area contributed by atoms with E-state index in [1.54, 1.807) is 11.9 Å². The zero-order valence-electron chi connectivity index (χ0n) is 8.59. The minimum Gasteiger partial charge on any atom is -0.355 e. The summed E-state index contributed by atoms with van der Waals surface area (Å²) in [5.74, 6) is -0.0313. The Morgan fingerprint density at radius 3 is 2.86 bits per heavy atom. The molecule has 5 heteroatoms. The van der Waals surface area contributed by atoms with Gasteiger partial charge in [0.15, 0.2) is 0 Å². The van der Waals surface area contributed by atoms with Gasteiger partial charge in [-0.25, -0.2) is 0 Å². The molecule has 0 aliphatic rings. The summed E-state index contributed by atoms with van der Waals surface area (Å²) in [5, 5.41) is 10.6. The van der Waals surface area contributed by atoms with E-state index in [2.05, 4.69) is 5.32 Å². The lowest BCUT2D eigenvalue weighted by Crippen LogP contribution is -2.37. The molecule has 14 heavy (non-hydrogen) atoms. The number of carbonyl (C=O) groups excluding carboxylic acids is 1. The second-order valence-corrected chi connectivity index (χ2v) is 3.67. The average Bonchev–Trinajstić information content (AvgIpc) is 2.14. The predicted octanol–water partition coefficient (Wildman–Crippen LogP) is 0.575. The first-order chi connectivity index (χ1) is 6.60. The Balaban J connectivity index is 3.66. The van der Waals surface area contributed by atoms with Gasteiger partial charge in [-0.3, -0.25) is 9.69 Å². The number of carbonyl (C=O) groups is 1. The third-order valence-corrected chi connectivity index (χ3v) is 1.83. The summed E-state index contributed by atoms with van der Waals surface area (Å²) in [6.45, 7) is 3.37. The molecule has 0 aliphatic carbocycles. The van der Waals surface area contributed by atoms with E-state index >= 15 is 0 Å². The molecule has 0 fully saturated rings. The van der Waals surface area contributed by atoms with E-state index in [-0.39, 0.29) is 12.5 Å².